The molecule has 0 bridgehead atoms. The number of phenols is 1. The number of anilines is 2. The zero-order chi connectivity index (χ0) is 20.4. The van der Waals surface area contributed by atoms with Gasteiger partial charge in [-0.15, -0.1) is 17.0 Å². The standard InChI is InChI=1S/C21H22N4O3.BrH/c1-23(2)18-7-5-6-16-17(9-10-19(21(16)18)24(3)4)22-13-14-12-15(25(27)28)8-11-20(14)26;/h5-13,26H,1-4H3;1H. The van der Waals surface area contributed by atoms with Crippen molar-refractivity contribution in [1.82, 2.24) is 0 Å². The van der Waals surface area contributed by atoms with Crippen LogP contribution in [0.3, 0.4) is 0 Å². The Balaban J connectivity index is 0.00000300. The second-order valence-corrected chi connectivity index (χ2v) is 6.85. The van der Waals surface area contributed by atoms with Gasteiger partial charge in [0.2, 0.25) is 0 Å². The maximum atomic E-state index is 11.0. The van der Waals surface area contributed by atoms with E-state index in [1.54, 1.807) is 0 Å². The fourth-order valence-electron chi connectivity index (χ4n) is 3.11. The Kier molecular flexibility index (Phi) is 6.81. The third-order valence-corrected chi connectivity index (χ3v) is 4.50. The van der Waals surface area contributed by atoms with Crippen LogP contribution in [-0.2, 0) is 0 Å². The Hall–Kier alpha value is -3.13. The highest BCUT2D eigenvalue weighted by Gasteiger charge is 2.13. The minimum absolute atomic E-state index is 0. The topological polar surface area (TPSA) is 82.2 Å². The molecule has 29 heavy (non-hydrogen) atoms. The molecule has 8 heteroatoms. The van der Waals surface area contributed by atoms with Gasteiger partial charge in [-0.05, 0) is 24.3 Å². The highest BCUT2D eigenvalue weighted by molar-refractivity contribution is 8.93. The molecule has 1 N–H and O–H groups in total. The van der Waals surface area contributed by atoms with E-state index in [2.05, 4.69) is 20.9 Å². The smallest absolute Gasteiger partial charge is 0.270 e. The number of rotatable bonds is 5. The van der Waals surface area contributed by atoms with Crippen molar-refractivity contribution in [1.29, 1.82) is 0 Å². The quantitative estimate of drug-likeness (QED) is 0.333. The molecule has 0 spiro atoms. The van der Waals surface area contributed by atoms with Crippen LogP contribution >= 0.6 is 17.0 Å². The average Bonchev–Trinajstić information content (AvgIpc) is 2.66. The Labute approximate surface area is 179 Å². The van der Waals surface area contributed by atoms with Crippen LogP contribution in [0.2, 0.25) is 0 Å². The maximum Gasteiger partial charge on any atom is 0.270 e. The van der Waals surface area contributed by atoms with Crippen LogP contribution in [0.5, 0.6) is 5.75 Å². The van der Waals surface area contributed by atoms with Crippen molar-refractivity contribution in [2.24, 2.45) is 4.99 Å². The summed E-state index contributed by atoms with van der Waals surface area (Å²) < 4.78 is 0. The van der Waals surface area contributed by atoms with Crippen molar-refractivity contribution < 1.29 is 10.0 Å². The lowest BCUT2D eigenvalue weighted by atomic mass is 10.0. The third-order valence-electron chi connectivity index (χ3n) is 4.50. The van der Waals surface area contributed by atoms with Crippen LogP contribution in [-0.4, -0.2) is 44.4 Å². The summed E-state index contributed by atoms with van der Waals surface area (Å²) in [4.78, 5) is 19.1. The van der Waals surface area contributed by atoms with Crippen molar-refractivity contribution in [2.45, 2.75) is 0 Å². The zero-order valence-electron chi connectivity index (χ0n) is 16.7. The molecule has 0 radical (unpaired) electrons. The second-order valence-electron chi connectivity index (χ2n) is 6.85. The molecule has 0 aliphatic rings. The number of aromatic hydroxyl groups is 1. The zero-order valence-corrected chi connectivity index (χ0v) is 18.4. The molecule has 0 aliphatic carbocycles. The summed E-state index contributed by atoms with van der Waals surface area (Å²) >= 11 is 0. The summed E-state index contributed by atoms with van der Waals surface area (Å²) in [7, 11) is 7.97. The molecule has 3 aromatic carbocycles. The predicted molar refractivity (Wildman–Crippen MR) is 125 cm³/mol. The molecule has 0 amide bonds. The molecule has 0 saturated heterocycles. The number of aliphatic imine (C=N–C) groups is 1. The first-order valence-electron chi connectivity index (χ1n) is 8.71. The molecule has 0 heterocycles. The fourth-order valence-corrected chi connectivity index (χ4v) is 3.11. The number of hydrogen-bond acceptors (Lipinski definition) is 6. The molecule has 0 aliphatic heterocycles. The van der Waals surface area contributed by atoms with Crippen LogP contribution in [0.1, 0.15) is 5.56 Å². The maximum absolute atomic E-state index is 11.0. The van der Waals surface area contributed by atoms with E-state index in [0.29, 0.717) is 5.56 Å². The summed E-state index contributed by atoms with van der Waals surface area (Å²) in [6.07, 6.45) is 1.45. The molecule has 152 valence electrons. The molecule has 3 rings (SSSR count). The van der Waals surface area contributed by atoms with Crippen LogP contribution in [0.15, 0.2) is 53.5 Å². The van der Waals surface area contributed by atoms with E-state index in [0.717, 1.165) is 27.8 Å². The number of benzene rings is 3. The van der Waals surface area contributed by atoms with Crippen molar-refractivity contribution in [3.63, 3.8) is 0 Å². The molecule has 3 aromatic rings. The monoisotopic (exact) mass is 458 g/mol. The summed E-state index contributed by atoms with van der Waals surface area (Å²) in [5.74, 6) is -0.0578. The Morgan fingerprint density at radius 1 is 1.00 bits per heavy atom. The van der Waals surface area contributed by atoms with E-state index < -0.39 is 4.92 Å². The van der Waals surface area contributed by atoms with E-state index in [4.69, 9.17) is 0 Å². The summed E-state index contributed by atoms with van der Waals surface area (Å²) in [5, 5.41) is 23.0. The first-order valence-corrected chi connectivity index (χ1v) is 8.71. The van der Waals surface area contributed by atoms with Gasteiger partial charge in [0, 0.05) is 74.2 Å². The predicted octanol–water partition coefficient (Wildman–Crippen LogP) is 4.91. The largest absolute Gasteiger partial charge is 0.507 e. The van der Waals surface area contributed by atoms with Gasteiger partial charge >= 0.3 is 0 Å². The first-order chi connectivity index (χ1) is 13.3. The highest BCUT2D eigenvalue weighted by Crippen LogP contribution is 2.39. The van der Waals surface area contributed by atoms with Crippen molar-refractivity contribution in [3.8, 4) is 5.75 Å². The van der Waals surface area contributed by atoms with Gasteiger partial charge in [0.15, 0.2) is 0 Å². The lowest BCUT2D eigenvalue weighted by molar-refractivity contribution is -0.384. The number of non-ortho nitro benzene ring substituents is 1. The fraction of sp³-hybridized carbons (Fsp3) is 0.190. The third kappa shape index (κ3) is 4.48. The minimum atomic E-state index is -0.499. The van der Waals surface area contributed by atoms with E-state index in [9.17, 15) is 15.2 Å². The minimum Gasteiger partial charge on any atom is -0.507 e. The first kappa shape index (κ1) is 22.2. The van der Waals surface area contributed by atoms with Gasteiger partial charge in [-0.25, -0.2) is 0 Å². The molecule has 0 unspecified atom stereocenters. The van der Waals surface area contributed by atoms with E-state index in [1.165, 1.54) is 24.4 Å². The Morgan fingerprint density at radius 3 is 2.28 bits per heavy atom. The molecule has 0 saturated carbocycles. The molecular weight excluding hydrogens is 436 g/mol. The van der Waals surface area contributed by atoms with Gasteiger partial charge in [-0.2, -0.15) is 0 Å². The Bertz CT molecular complexity index is 1070. The number of nitrogens with zero attached hydrogens (tertiary/aromatic N) is 4. The van der Waals surface area contributed by atoms with Gasteiger partial charge < -0.3 is 14.9 Å². The van der Waals surface area contributed by atoms with Crippen LogP contribution < -0.4 is 9.80 Å². The van der Waals surface area contributed by atoms with E-state index in [-0.39, 0.29) is 28.4 Å². The molecular formula is C21H23BrN4O3. The highest BCUT2D eigenvalue weighted by atomic mass is 79.9. The van der Waals surface area contributed by atoms with Crippen LogP contribution in [0.4, 0.5) is 22.7 Å². The lowest BCUT2D eigenvalue weighted by Crippen LogP contribution is -2.13. The van der Waals surface area contributed by atoms with Gasteiger partial charge in [-0.3, -0.25) is 15.1 Å². The average molecular weight is 459 g/mol. The summed E-state index contributed by atoms with van der Waals surface area (Å²) in [6, 6.07) is 13.8. The van der Waals surface area contributed by atoms with Crippen molar-refractivity contribution >= 4 is 56.7 Å². The van der Waals surface area contributed by atoms with Crippen molar-refractivity contribution in [2.75, 3.05) is 38.0 Å². The number of phenolic OH excluding ortho intramolecular Hbond substituents is 1. The molecule has 0 atom stereocenters. The Morgan fingerprint density at radius 2 is 1.66 bits per heavy atom. The number of nitro benzene ring substituents is 1. The number of hydrogen-bond donors (Lipinski definition) is 1. The van der Waals surface area contributed by atoms with Gasteiger partial charge in [0.05, 0.1) is 10.6 Å². The van der Waals surface area contributed by atoms with E-state index in [1.807, 2.05) is 52.5 Å². The number of nitro groups is 1. The second kappa shape index (κ2) is 8.91. The lowest BCUT2D eigenvalue weighted by Gasteiger charge is -2.22. The van der Waals surface area contributed by atoms with Gasteiger partial charge in [-0.1, -0.05) is 12.1 Å². The summed E-state index contributed by atoms with van der Waals surface area (Å²) in [6.45, 7) is 0. The summed E-state index contributed by atoms with van der Waals surface area (Å²) in [5.41, 5.74) is 3.05. The van der Waals surface area contributed by atoms with Crippen LogP contribution in [0.25, 0.3) is 10.8 Å². The number of halogens is 1. The molecule has 0 aromatic heterocycles. The van der Waals surface area contributed by atoms with Gasteiger partial charge in [0.25, 0.3) is 5.69 Å². The molecule has 7 nitrogen and oxygen atoms in total. The molecule has 0 fully saturated rings. The normalized spacial score (nSPS) is 10.8. The van der Waals surface area contributed by atoms with E-state index >= 15 is 0 Å². The van der Waals surface area contributed by atoms with Crippen LogP contribution in [0, 0.1) is 10.1 Å². The SMILES string of the molecule is Br.CN(C)c1cccc2c(N=Cc3cc([N+](=O)[O-])ccc3O)ccc(N(C)C)c12. The van der Waals surface area contributed by atoms with Gasteiger partial charge in [0.1, 0.15) is 5.75 Å². The van der Waals surface area contributed by atoms with Crippen molar-refractivity contribution in [3.05, 3.63) is 64.2 Å². The number of fused-ring (bicyclic) bond motifs is 1.